The lowest BCUT2D eigenvalue weighted by atomic mass is 9.63. The van der Waals surface area contributed by atoms with Crippen molar-refractivity contribution in [2.45, 2.75) is 122 Å². The van der Waals surface area contributed by atoms with E-state index in [1.165, 1.54) is 18.4 Å². The lowest BCUT2D eigenvalue weighted by molar-refractivity contribution is -0.206. The first-order chi connectivity index (χ1) is 18.2. The van der Waals surface area contributed by atoms with Gasteiger partial charge in [0, 0.05) is 31.5 Å². The summed E-state index contributed by atoms with van der Waals surface area (Å²) >= 11 is 0. The fraction of sp³-hybridized carbons (Fsp3) is 0.812. The molecule has 5 nitrogen and oxygen atoms in total. The second kappa shape index (κ2) is 13.1. The predicted octanol–water partition coefficient (Wildman–Crippen LogP) is 5.75. The van der Waals surface area contributed by atoms with E-state index in [4.69, 9.17) is 18.9 Å². The molecule has 0 bridgehead atoms. The van der Waals surface area contributed by atoms with Gasteiger partial charge in [-0.3, -0.25) is 0 Å². The van der Waals surface area contributed by atoms with E-state index in [1.54, 1.807) is 0 Å². The van der Waals surface area contributed by atoms with Crippen molar-refractivity contribution in [3.63, 3.8) is 0 Å². The summed E-state index contributed by atoms with van der Waals surface area (Å²) in [6.07, 6.45) is 16.5. The van der Waals surface area contributed by atoms with Crippen LogP contribution < -0.4 is 0 Å². The smallest absolute Gasteiger partial charge is 0.159 e. The monoisotopic (exact) mass is 510 g/mol. The zero-order valence-electron chi connectivity index (χ0n) is 22.7. The standard InChI is InChI=1S/C32H46O5/c1-2-3-6-15-32(16-9-17-32)29(37-31-11-5-8-20-35-31)13-12-26-27-22-24(14-18-33)21-25(27)23-28(26)36-30-10-4-7-19-34-30/h14,25-31,33H,2,4-5,7-11,15-23H2,1H3/t25-,26+,27-,28+,29+,30?,31?/m0/s1. The summed E-state index contributed by atoms with van der Waals surface area (Å²) in [5.74, 6) is 15.4. The quantitative estimate of drug-likeness (QED) is 0.349. The van der Waals surface area contributed by atoms with E-state index in [-0.39, 0.29) is 42.7 Å². The highest BCUT2D eigenvalue weighted by Crippen LogP contribution is 2.52. The summed E-state index contributed by atoms with van der Waals surface area (Å²) in [6.45, 7) is 3.80. The summed E-state index contributed by atoms with van der Waals surface area (Å²) in [4.78, 5) is 0. The van der Waals surface area contributed by atoms with E-state index >= 15 is 0 Å². The van der Waals surface area contributed by atoms with Crippen molar-refractivity contribution in [2.24, 2.45) is 23.2 Å². The molecule has 2 heterocycles. The van der Waals surface area contributed by atoms with Gasteiger partial charge in [-0.1, -0.05) is 36.8 Å². The molecular weight excluding hydrogens is 464 g/mol. The SMILES string of the molecule is CCC#CCC1([C@@H](C#C[C@@H]2[C@H]3CC(=CCO)C[C@H]3C[C@H]2OC2CCCCO2)OC2CCCCO2)CCC1. The maximum atomic E-state index is 9.48. The van der Waals surface area contributed by atoms with Gasteiger partial charge in [-0.15, -0.1) is 11.8 Å². The molecule has 5 rings (SSSR count). The molecule has 0 amide bonds. The molecule has 7 atom stereocenters. The largest absolute Gasteiger partial charge is 0.392 e. The Morgan fingerprint density at radius 2 is 1.81 bits per heavy atom. The van der Waals surface area contributed by atoms with Gasteiger partial charge in [-0.05, 0) is 82.5 Å². The summed E-state index contributed by atoms with van der Waals surface area (Å²) < 4.78 is 25.2. The summed E-state index contributed by atoms with van der Waals surface area (Å²) in [7, 11) is 0. The van der Waals surface area contributed by atoms with E-state index in [2.05, 4.69) is 30.6 Å². The van der Waals surface area contributed by atoms with E-state index in [0.717, 1.165) is 90.3 Å². The third-order valence-electron chi connectivity index (χ3n) is 9.32. The van der Waals surface area contributed by atoms with Gasteiger partial charge in [0.2, 0.25) is 0 Å². The highest BCUT2D eigenvalue weighted by Gasteiger charge is 2.49. The molecule has 204 valence electrons. The molecule has 5 heteroatoms. The molecule has 0 aromatic carbocycles. The minimum absolute atomic E-state index is 0.00838. The van der Waals surface area contributed by atoms with Crippen molar-refractivity contribution in [2.75, 3.05) is 19.8 Å². The second-order valence-electron chi connectivity index (χ2n) is 11.8. The number of rotatable bonds is 7. The number of hydrogen-bond acceptors (Lipinski definition) is 5. The van der Waals surface area contributed by atoms with Gasteiger partial charge in [0.1, 0.15) is 6.10 Å². The Morgan fingerprint density at radius 3 is 2.46 bits per heavy atom. The molecule has 2 aliphatic heterocycles. The molecule has 2 unspecified atom stereocenters. The van der Waals surface area contributed by atoms with Crippen LogP contribution in [0.25, 0.3) is 0 Å². The average molecular weight is 511 g/mol. The summed E-state index contributed by atoms with van der Waals surface area (Å²) in [6, 6.07) is 0. The Hall–Kier alpha value is -1.34. The van der Waals surface area contributed by atoms with Crippen molar-refractivity contribution in [1.29, 1.82) is 0 Å². The molecule has 5 aliphatic rings. The van der Waals surface area contributed by atoms with Crippen molar-refractivity contribution in [1.82, 2.24) is 0 Å². The van der Waals surface area contributed by atoms with Gasteiger partial charge in [0.25, 0.3) is 0 Å². The highest BCUT2D eigenvalue weighted by molar-refractivity contribution is 5.24. The van der Waals surface area contributed by atoms with E-state index < -0.39 is 0 Å². The van der Waals surface area contributed by atoms with Gasteiger partial charge in [-0.25, -0.2) is 0 Å². The van der Waals surface area contributed by atoms with Crippen LogP contribution in [0.1, 0.15) is 96.8 Å². The Bertz CT molecular complexity index is 888. The van der Waals surface area contributed by atoms with Crippen LogP contribution in [0.5, 0.6) is 0 Å². The minimum atomic E-state index is -0.158. The molecule has 0 aromatic rings. The molecule has 0 radical (unpaired) electrons. The zero-order valence-corrected chi connectivity index (χ0v) is 22.7. The first kappa shape index (κ1) is 27.2. The number of fused-ring (bicyclic) bond motifs is 1. The first-order valence-corrected chi connectivity index (χ1v) is 15.0. The van der Waals surface area contributed by atoms with Gasteiger partial charge in [0.05, 0.1) is 18.6 Å². The number of allylic oxidation sites excluding steroid dienone is 1. The van der Waals surface area contributed by atoms with E-state index in [0.29, 0.717) is 11.8 Å². The van der Waals surface area contributed by atoms with Crippen LogP contribution in [0.2, 0.25) is 0 Å². The zero-order chi connectivity index (χ0) is 25.5. The molecule has 3 aliphatic carbocycles. The van der Waals surface area contributed by atoms with Crippen LogP contribution in [0.15, 0.2) is 11.6 Å². The maximum Gasteiger partial charge on any atom is 0.159 e. The molecule has 1 N–H and O–H groups in total. The Kier molecular flexibility index (Phi) is 9.67. The first-order valence-electron chi connectivity index (χ1n) is 15.0. The lowest BCUT2D eigenvalue weighted by Gasteiger charge is -2.45. The normalized spacial score (nSPS) is 36.5. The van der Waals surface area contributed by atoms with Crippen molar-refractivity contribution in [3.8, 4) is 23.7 Å². The second-order valence-corrected chi connectivity index (χ2v) is 11.8. The van der Waals surface area contributed by atoms with Gasteiger partial charge >= 0.3 is 0 Å². The number of hydrogen-bond donors (Lipinski definition) is 1. The molecule has 5 fully saturated rings. The van der Waals surface area contributed by atoms with Crippen molar-refractivity contribution in [3.05, 3.63) is 11.6 Å². The summed E-state index contributed by atoms with van der Waals surface area (Å²) in [5.41, 5.74) is 1.39. The molecule has 3 saturated carbocycles. The lowest BCUT2D eigenvalue weighted by Crippen LogP contribution is -2.44. The topological polar surface area (TPSA) is 57.2 Å². The highest BCUT2D eigenvalue weighted by atomic mass is 16.7. The van der Waals surface area contributed by atoms with Gasteiger partial charge in [-0.2, -0.15) is 0 Å². The summed E-state index contributed by atoms with van der Waals surface area (Å²) in [5, 5.41) is 9.48. The maximum absolute atomic E-state index is 9.48. The third kappa shape index (κ3) is 6.63. The van der Waals surface area contributed by atoms with E-state index in [1.807, 2.05) is 6.08 Å². The molecule has 37 heavy (non-hydrogen) atoms. The van der Waals surface area contributed by atoms with E-state index in [9.17, 15) is 5.11 Å². The van der Waals surface area contributed by atoms with Crippen LogP contribution in [0.4, 0.5) is 0 Å². The minimum Gasteiger partial charge on any atom is -0.392 e. The Morgan fingerprint density at radius 1 is 1.03 bits per heavy atom. The van der Waals surface area contributed by atoms with Crippen LogP contribution in [0, 0.1) is 46.9 Å². The Balaban J connectivity index is 1.38. The fourth-order valence-electron chi connectivity index (χ4n) is 7.09. The van der Waals surface area contributed by atoms with Gasteiger partial charge < -0.3 is 24.1 Å². The van der Waals surface area contributed by atoms with Gasteiger partial charge in [0.15, 0.2) is 12.6 Å². The molecule has 0 aromatic heterocycles. The molecule has 0 spiro atoms. The van der Waals surface area contributed by atoms with Crippen LogP contribution in [0.3, 0.4) is 0 Å². The van der Waals surface area contributed by atoms with Crippen LogP contribution in [-0.2, 0) is 18.9 Å². The predicted molar refractivity (Wildman–Crippen MR) is 143 cm³/mol. The van der Waals surface area contributed by atoms with Crippen molar-refractivity contribution >= 4 is 0 Å². The average Bonchev–Trinajstić information content (AvgIpc) is 3.42. The number of aliphatic hydroxyl groups is 1. The van der Waals surface area contributed by atoms with Crippen molar-refractivity contribution < 1.29 is 24.1 Å². The fourth-order valence-corrected chi connectivity index (χ4v) is 7.09. The number of aliphatic hydroxyl groups excluding tert-OH is 1. The molecule has 2 saturated heterocycles. The van der Waals surface area contributed by atoms with Crippen LogP contribution >= 0.6 is 0 Å². The number of ether oxygens (including phenoxy) is 4. The molecular formula is C32H46O5. The Labute approximate surface area is 224 Å². The third-order valence-corrected chi connectivity index (χ3v) is 9.32. The van der Waals surface area contributed by atoms with Crippen LogP contribution in [-0.4, -0.2) is 49.7 Å².